The highest BCUT2D eigenvalue weighted by molar-refractivity contribution is 5.30. The van der Waals surface area contributed by atoms with Crippen molar-refractivity contribution >= 4 is 5.95 Å². The predicted molar refractivity (Wildman–Crippen MR) is 98.2 cm³/mol. The number of benzene rings is 1. The molecule has 0 atom stereocenters. The molecule has 2 N–H and O–H groups in total. The van der Waals surface area contributed by atoms with Gasteiger partial charge in [0.2, 0.25) is 5.95 Å². The van der Waals surface area contributed by atoms with Crippen LogP contribution < -0.4 is 15.6 Å². The van der Waals surface area contributed by atoms with Gasteiger partial charge < -0.3 is 10.1 Å². The molecular formula is C19H26N4O2. The van der Waals surface area contributed by atoms with Gasteiger partial charge in [0.1, 0.15) is 11.4 Å². The fourth-order valence-corrected chi connectivity index (χ4v) is 3.27. The maximum absolute atomic E-state index is 12.3. The highest BCUT2D eigenvalue weighted by Crippen LogP contribution is 2.19. The van der Waals surface area contributed by atoms with Crippen LogP contribution in [0.4, 0.5) is 5.95 Å². The summed E-state index contributed by atoms with van der Waals surface area (Å²) < 4.78 is 5.14. The Balaban J connectivity index is 1.64. The molecular weight excluding hydrogens is 316 g/mol. The van der Waals surface area contributed by atoms with Crippen molar-refractivity contribution in [1.82, 2.24) is 15.2 Å². The summed E-state index contributed by atoms with van der Waals surface area (Å²) in [5, 5.41) is 11.7. The Bertz CT molecular complexity index is 719. The Hall–Kier alpha value is -2.37. The second kappa shape index (κ2) is 8.65. The van der Waals surface area contributed by atoms with Crippen LogP contribution in [0.3, 0.4) is 0 Å². The van der Waals surface area contributed by atoms with E-state index in [0.29, 0.717) is 24.1 Å². The number of aromatic nitrogens is 3. The molecule has 3 rings (SSSR count). The molecule has 134 valence electrons. The number of aromatic amines is 1. The number of rotatable bonds is 5. The minimum Gasteiger partial charge on any atom is -0.497 e. The first-order valence-electron chi connectivity index (χ1n) is 9.10. The van der Waals surface area contributed by atoms with Crippen molar-refractivity contribution in [2.24, 2.45) is 0 Å². The number of hydrogen-bond acceptors (Lipinski definition) is 5. The molecule has 2 aromatic rings. The molecule has 0 bridgehead atoms. The topological polar surface area (TPSA) is 79.9 Å². The van der Waals surface area contributed by atoms with Crippen LogP contribution in [-0.2, 0) is 6.42 Å². The van der Waals surface area contributed by atoms with Gasteiger partial charge in [-0.15, -0.1) is 10.2 Å². The molecule has 0 amide bonds. The van der Waals surface area contributed by atoms with E-state index < -0.39 is 0 Å². The van der Waals surface area contributed by atoms with Gasteiger partial charge in [0.05, 0.1) is 7.11 Å². The molecule has 1 heterocycles. The summed E-state index contributed by atoms with van der Waals surface area (Å²) in [6, 6.07) is 7.99. The molecule has 25 heavy (non-hydrogen) atoms. The first-order chi connectivity index (χ1) is 12.2. The van der Waals surface area contributed by atoms with Crippen LogP contribution in [0.15, 0.2) is 29.1 Å². The molecule has 0 aliphatic heterocycles. The largest absolute Gasteiger partial charge is 0.497 e. The predicted octanol–water partition coefficient (Wildman–Crippen LogP) is 3.29. The van der Waals surface area contributed by atoms with E-state index in [1.807, 2.05) is 24.3 Å². The van der Waals surface area contributed by atoms with Crippen molar-refractivity contribution in [3.8, 4) is 5.75 Å². The van der Waals surface area contributed by atoms with E-state index in [4.69, 9.17) is 4.74 Å². The molecule has 1 aromatic heterocycles. The molecule has 0 unspecified atom stereocenters. The van der Waals surface area contributed by atoms with Crippen LogP contribution in [-0.4, -0.2) is 28.3 Å². The van der Waals surface area contributed by atoms with Crippen LogP contribution in [0.1, 0.15) is 56.2 Å². The number of ether oxygens (including phenoxy) is 1. The van der Waals surface area contributed by atoms with Crippen molar-refractivity contribution in [3.63, 3.8) is 0 Å². The van der Waals surface area contributed by atoms with Gasteiger partial charge in [-0.05, 0) is 30.5 Å². The summed E-state index contributed by atoms with van der Waals surface area (Å²) in [6.45, 7) is 0. The van der Waals surface area contributed by atoms with Gasteiger partial charge in [-0.2, -0.15) is 0 Å². The van der Waals surface area contributed by atoms with E-state index >= 15 is 0 Å². The highest BCUT2D eigenvalue weighted by atomic mass is 16.5. The minimum atomic E-state index is -0.181. The second-order valence-electron chi connectivity index (χ2n) is 6.66. The van der Waals surface area contributed by atoms with Crippen molar-refractivity contribution in [2.75, 3.05) is 12.4 Å². The van der Waals surface area contributed by atoms with Crippen LogP contribution >= 0.6 is 0 Å². The van der Waals surface area contributed by atoms with Crippen LogP contribution in [0.5, 0.6) is 5.75 Å². The molecule has 6 heteroatoms. The smallest absolute Gasteiger partial charge is 0.274 e. The molecule has 1 fully saturated rings. The Kier molecular flexibility index (Phi) is 6.04. The average Bonchev–Trinajstić information content (AvgIpc) is 2.60. The van der Waals surface area contributed by atoms with E-state index in [1.54, 1.807) is 7.11 Å². The number of methoxy groups -OCH3 is 1. The number of nitrogens with one attached hydrogen (secondary N) is 2. The monoisotopic (exact) mass is 342 g/mol. The molecule has 1 aliphatic carbocycles. The maximum atomic E-state index is 12.3. The van der Waals surface area contributed by atoms with E-state index in [9.17, 15) is 4.79 Å². The normalized spacial score (nSPS) is 16.0. The van der Waals surface area contributed by atoms with Gasteiger partial charge in [0.15, 0.2) is 0 Å². The zero-order valence-electron chi connectivity index (χ0n) is 14.8. The number of anilines is 1. The first kappa shape index (κ1) is 17.5. The Morgan fingerprint density at radius 2 is 1.76 bits per heavy atom. The minimum absolute atomic E-state index is 0.181. The fourth-order valence-electron chi connectivity index (χ4n) is 3.27. The maximum Gasteiger partial charge on any atom is 0.274 e. The molecule has 6 nitrogen and oxygen atoms in total. The Morgan fingerprint density at radius 3 is 2.40 bits per heavy atom. The fraction of sp³-hybridized carbons (Fsp3) is 0.526. The summed E-state index contributed by atoms with van der Waals surface area (Å²) in [7, 11) is 1.63. The van der Waals surface area contributed by atoms with Crippen molar-refractivity contribution in [2.45, 2.75) is 57.4 Å². The summed E-state index contributed by atoms with van der Waals surface area (Å²) >= 11 is 0. The third-order valence-electron chi connectivity index (χ3n) is 4.74. The number of H-pyrrole nitrogens is 1. The molecule has 1 aliphatic rings. The summed E-state index contributed by atoms with van der Waals surface area (Å²) in [4.78, 5) is 15.1. The van der Waals surface area contributed by atoms with Crippen molar-refractivity contribution < 1.29 is 4.74 Å². The zero-order chi connectivity index (χ0) is 17.5. The molecule has 1 aromatic carbocycles. The van der Waals surface area contributed by atoms with Gasteiger partial charge in [-0.25, -0.2) is 0 Å². The van der Waals surface area contributed by atoms with E-state index in [1.165, 1.54) is 32.1 Å². The number of nitrogens with zero attached hydrogens (tertiary/aromatic N) is 2. The molecule has 1 saturated carbocycles. The van der Waals surface area contributed by atoms with Crippen molar-refractivity contribution in [3.05, 3.63) is 45.9 Å². The lowest BCUT2D eigenvalue weighted by atomic mass is 9.97. The summed E-state index contributed by atoms with van der Waals surface area (Å²) in [5.74, 6) is 1.27. The molecule has 0 saturated heterocycles. The SMILES string of the molecule is COc1ccc(Cc2nnc(NC3CCCCCCC3)[nH]c2=O)cc1. The van der Waals surface area contributed by atoms with E-state index in [2.05, 4.69) is 20.5 Å². The average molecular weight is 342 g/mol. The Morgan fingerprint density at radius 1 is 1.08 bits per heavy atom. The van der Waals surface area contributed by atoms with Gasteiger partial charge in [0, 0.05) is 12.5 Å². The quantitative estimate of drug-likeness (QED) is 0.871. The van der Waals surface area contributed by atoms with Gasteiger partial charge in [-0.1, -0.05) is 44.2 Å². The van der Waals surface area contributed by atoms with E-state index in [-0.39, 0.29) is 5.56 Å². The van der Waals surface area contributed by atoms with Crippen LogP contribution in [0.2, 0.25) is 0 Å². The molecule has 0 spiro atoms. The van der Waals surface area contributed by atoms with Crippen LogP contribution in [0, 0.1) is 0 Å². The number of hydrogen-bond donors (Lipinski definition) is 2. The standard InChI is InChI=1S/C19H26N4O2/c1-25-16-11-9-14(10-12-16)13-17-18(24)21-19(23-22-17)20-15-7-5-3-2-4-6-8-15/h9-12,15H,2-8,13H2,1H3,(H2,20,21,23,24). The van der Waals surface area contributed by atoms with E-state index in [0.717, 1.165) is 24.2 Å². The summed E-state index contributed by atoms with van der Waals surface area (Å²) in [5.41, 5.74) is 1.24. The molecule has 0 radical (unpaired) electrons. The second-order valence-corrected chi connectivity index (χ2v) is 6.66. The van der Waals surface area contributed by atoms with Crippen LogP contribution in [0.25, 0.3) is 0 Å². The van der Waals surface area contributed by atoms with Gasteiger partial charge in [0.25, 0.3) is 5.56 Å². The zero-order valence-corrected chi connectivity index (χ0v) is 14.8. The van der Waals surface area contributed by atoms with Gasteiger partial charge >= 0.3 is 0 Å². The lowest BCUT2D eigenvalue weighted by molar-refractivity contribution is 0.414. The van der Waals surface area contributed by atoms with Crippen molar-refractivity contribution in [1.29, 1.82) is 0 Å². The Labute approximate surface area is 148 Å². The third-order valence-corrected chi connectivity index (χ3v) is 4.74. The first-order valence-corrected chi connectivity index (χ1v) is 9.10. The highest BCUT2D eigenvalue weighted by Gasteiger charge is 2.13. The summed E-state index contributed by atoms with van der Waals surface area (Å²) in [6.07, 6.45) is 9.08. The van der Waals surface area contributed by atoms with Gasteiger partial charge in [-0.3, -0.25) is 9.78 Å². The third kappa shape index (κ3) is 5.05. The lowest BCUT2D eigenvalue weighted by Crippen LogP contribution is -2.26. The lowest BCUT2D eigenvalue weighted by Gasteiger charge is -2.20.